The van der Waals surface area contributed by atoms with Crippen molar-refractivity contribution in [3.05, 3.63) is 45.3 Å². The molecule has 0 bridgehead atoms. The number of fused-ring (bicyclic) bond motifs is 1. The number of hydrogen-bond acceptors (Lipinski definition) is 6. The van der Waals surface area contributed by atoms with Gasteiger partial charge in [-0.25, -0.2) is 14.4 Å². The van der Waals surface area contributed by atoms with Crippen molar-refractivity contribution in [1.29, 1.82) is 0 Å². The molecule has 2 rings (SSSR count). The van der Waals surface area contributed by atoms with Gasteiger partial charge in [0.05, 0.1) is 0 Å². The van der Waals surface area contributed by atoms with Gasteiger partial charge in [0, 0.05) is 17.0 Å². The number of benzene rings is 1. The number of amides is 2. The average Bonchev–Trinajstić information content (AvgIpc) is 2.57. The lowest BCUT2D eigenvalue weighted by atomic mass is 10.0. The van der Waals surface area contributed by atoms with E-state index in [1.54, 1.807) is 17.8 Å². The molecule has 0 radical (unpaired) electrons. The van der Waals surface area contributed by atoms with Crippen molar-refractivity contribution in [2.45, 2.75) is 32.9 Å². The summed E-state index contributed by atoms with van der Waals surface area (Å²) < 4.78 is 10.5. The Hall–Kier alpha value is -2.48. The first-order valence-electron chi connectivity index (χ1n) is 8.07. The van der Waals surface area contributed by atoms with Crippen molar-refractivity contribution in [2.24, 2.45) is 5.73 Å². The molecule has 7 nitrogen and oxygen atoms in total. The fourth-order valence-corrected chi connectivity index (χ4v) is 2.98. The lowest BCUT2D eigenvalue weighted by molar-refractivity contribution is -0.147. The number of esters is 1. The molecule has 0 spiro atoms. The highest BCUT2D eigenvalue weighted by Gasteiger charge is 2.21. The average molecular weight is 378 g/mol. The van der Waals surface area contributed by atoms with Crippen LogP contribution in [0.5, 0.6) is 0 Å². The highest BCUT2D eigenvalue weighted by molar-refractivity contribution is 7.98. The van der Waals surface area contributed by atoms with Crippen LogP contribution in [-0.2, 0) is 16.1 Å². The van der Waals surface area contributed by atoms with Crippen LogP contribution in [0.25, 0.3) is 11.0 Å². The number of hydrogen-bond donors (Lipinski definition) is 2. The summed E-state index contributed by atoms with van der Waals surface area (Å²) in [6.07, 6.45) is 2.30. The van der Waals surface area contributed by atoms with E-state index in [2.05, 4.69) is 5.32 Å². The Bertz CT molecular complexity index is 878. The van der Waals surface area contributed by atoms with Gasteiger partial charge in [0.25, 0.3) is 0 Å². The van der Waals surface area contributed by atoms with E-state index < -0.39 is 23.7 Å². The zero-order chi connectivity index (χ0) is 19.3. The molecule has 2 amide bonds. The SMILES string of the molecule is CSCCC(NC(N)=O)C(=O)OCc1cc(=O)oc2cc(C)c(C)cc12. The van der Waals surface area contributed by atoms with Crippen LogP contribution in [0.15, 0.2) is 27.4 Å². The summed E-state index contributed by atoms with van der Waals surface area (Å²) in [6.45, 7) is 3.78. The van der Waals surface area contributed by atoms with Crippen molar-refractivity contribution < 1.29 is 18.7 Å². The van der Waals surface area contributed by atoms with E-state index >= 15 is 0 Å². The quantitative estimate of drug-likeness (QED) is 0.564. The largest absolute Gasteiger partial charge is 0.459 e. The number of urea groups is 1. The summed E-state index contributed by atoms with van der Waals surface area (Å²) in [5.41, 5.74) is 7.63. The van der Waals surface area contributed by atoms with E-state index in [1.807, 2.05) is 26.2 Å². The molecular weight excluding hydrogens is 356 g/mol. The smallest absolute Gasteiger partial charge is 0.336 e. The fraction of sp³-hybridized carbons (Fsp3) is 0.389. The summed E-state index contributed by atoms with van der Waals surface area (Å²) in [7, 11) is 0. The van der Waals surface area contributed by atoms with E-state index in [4.69, 9.17) is 14.9 Å². The Labute approximate surface area is 155 Å². The molecule has 26 heavy (non-hydrogen) atoms. The van der Waals surface area contributed by atoms with Gasteiger partial charge in [-0.05, 0) is 55.5 Å². The predicted octanol–water partition coefficient (Wildman–Crippen LogP) is 2.24. The number of primary amides is 1. The number of aryl methyl sites for hydroxylation is 2. The highest BCUT2D eigenvalue weighted by atomic mass is 32.2. The molecule has 1 aromatic heterocycles. The monoisotopic (exact) mass is 378 g/mol. The molecule has 1 aromatic carbocycles. The summed E-state index contributed by atoms with van der Waals surface area (Å²) >= 11 is 1.54. The molecule has 1 atom stereocenters. The second-order valence-corrected chi connectivity index (χ2v) is 6.96. The van der Waals surface area contributed by atoms with Gasteiger partial charge in [-0.2, -0.15) is 11.8 Å². The Kier molecular flexibility index (Phi) is 6.68. The second-order valence-electron chi connectivity index (χ2n) is 5.97. The zero-order valence-corrected chi connectivity index (χ0v) is 15.8. The van der Waals surface area contributed by atoms with Gasteiger partial charge in [0.1, 0.15) is 18.2 Å². The van der Waals surface area contributed by atoms with Crippen LogP contribution in [0.4, 0.5) is 4.79 Å². The van der Waals surface area contributed by atoms with Crippen LogP contribution in [0.2, 0.25) is 0 Å². The second kappa shape index (κ2) is 8.75. The van der Waals surface area contributed by atoms with E-state index in [9.17, 15) is 14.4 Å². The van der Waals surface area contributed by atoms with Crippen LogP contribution in [0.3, 0.4) is 0 Å². The summed E-state index contributed by atoms with van der Waals surface area (Å²) in [5.74, 6) is 0.0687. The van der Waals surface area contributed by atoms with Gasteiger partial charge in [0.2, 0.25) is 0 Å². The Balaban J connectivity index is 2.22. The lowest BCUT2D eigenvalue weighted by Gasteiger charge is -2.16. The molecule has 2 aromatic rings. The van der Waals surface area contributed by atoms with E-state index in [1.165, 1.54) is 6.07 Å². The Morgan fingerprint density at radius 3 is 2.62 bits per heavy atom. The molecule has 0 saturated carbocycles. The van der Waals surface area contributed by atoms with Gasteiger partial charge in [0.15, 0.2) is 0 Å². The Morgan fingerprint density at radius 2 is 1.96 bits per heavy atom. The molecule has 0 aliphatic rings. The van der Waals surface area contributed by atoms with Crippen molar-refractivity contribution in [3.8, 4) is 0 Å². The van der Waals surface area contributed by atoms with Gasteiger partial charge < -0.3 is 20.2 Å². The van der Waals surface area contributed by atoms with Crippen molar-refractivity contribution in [3.63, 3.8) is 0 Å². The number of nitrogens with two attached hydrogens (primary N) is 1. The molecule has 1 unspecified atom stereocenters. The third kappa shape index (κ3) is 5.01. The molecule has 8 heteroatoms. The first-order chi connectivity index (χ1) is 12.3. The van der Waals surface area contributed by atoms with Gasteiger partial charge in [-0.1, -0.05) is 0 Å². The predicted molar refractivity (Wildman–Crippen MR) is 101 cm³/mol. The van der Waals surface area contributed by atoms with Crippen molar-refractivity contribution in [1.82, 2.24) is 5.32 Å². The number of carbonyl (C=O) groups is 2. The first-order valence-corrected chi connectivity index (χ1v) is 9.46. The normalized spacial score (nSPS) is 12.0. The van der Waals surface area contributed by atoms with Gasteiger partial charge in [-0.15, -0.1) is 0 Å². The maximum absolute atomic E-state index is 12.3. The Morgan fingerprint density at radius 1 is 1.27 bits per heavy atom. The van der Waals surface area contributed by atoms with E-state index in [0.717, 1.165) is 11.1 Å². The van der Waals surface area contributed by atoms with Crippen molar-refractivity contribution in [2.75, 3.05) is 12.0 Å². The zero-order valence-electron chi connectivity index (χ0n) is 15.0. The molecular formula is C18H22N2O5S. The number of carbonyl (C=O) groups excluding carboxylic acids is 2. The van der Waals surface area contributed by atoms with Crippen LogP contribution in [0.1, 0.15) is 23.1 Å². The number of rotatable bonds is 7. The van der Waals surface area contributed by atoms with Crippen molar-refractivity contribution >= 4 is 34.7 Å². The molecule has 0 aliphatic carbocycles. The summed E-state index contributed by atoms with van der Waals surface area (Å²) in [5, 5.41) is 3.10. The third-order valence-electron chi connectivity index (χ3n) is 4.03. The molecule has 1 heterocycles. The standard InChI is InChI=1S/C18H22N2O5S/c1-10-6-13-12(8-16(21)25-15(13)7-11(10)2)9-24-17(22)14(4-5-26-3)20-18(19)23/h6-8,14H,4-5,9H2,1-3H3,(H3,19,20,23). The van der Waals surface area contributed by atoms with E-state index in [-0.39, 0.29) is 6.61 Å². The minimum atomic E-state index is -0.824. The molecule has 0 saturated heterocycles. The van der Waals surface area contributed by atoms with Crippen LogP contribution in [0, 0.1) is 13.8 Å². The molecule has 0 aliphatic heterocycles. The summed E-state index contributed by atoms with van der Waals surface area (Å²) in [6, 6.07) is 3.38. The maximum Gasteiger partial charge on any atom is 0.336 e. The first kappa shape index (κ1) is 19.8. The van der Waals surface area contributed by atoms with Crippen LogP contribution < -0.4 is 16.7 Å². The van der Waals surface area contributed by atoms with Gasteiger partial charge >= 0.3 is 17.6 Å². The lowest BCUT2D eigenvalue weighted by Crippen LogP contribution is -2.44. The minimum absolute atomic E-state index is 0.0976. The van der Waals surface area contributed by atoms with Gasteiger partial charge in [-0.3, -0.25) is 0 Å². The van der Waals surface area contributed by atoms with E-state index in [0.29, 0.717) is 28.7 Å². The molecule has 0 fully saturated rings. The molecule has 3 N–H and O–H groups in total. The van der Waals surface area contributed by atoms with Crippen LogP contribution in [-0.4, -0.2) is 30.1 Å². The maximum atomic E-state index is 12.3. The highest BCUT2D eigenvalue weighted by Crippen LogP contribution is 2.22. The fourth-order valence-electron chi connectivity index (χ4n) is 2.51. The number of ether oxygens (including phenoxy) is 1. The minimum Gasteiger partial charge on any atom is -0.459 e. The topological polar surface area (TPSA) is 112 Å². The number of thioether (sulfide) groups is 1. The van der Waals surface area contributed by atoms with Crippen LogP contribution >= 0.6 is 11.8 Å². The third-order valence-corrected chi connectivity index (χ3v) is 4.67. The summed E-state index contributed by atoms with van der Waals surface area (Å²) in [4.78, 5) is 35.2. The number of nitrogens with one attached hydrogen (secondary N) is 1. The molecule has 140 valence electrons.